The molecular weight excluding hydrogens is 294 g/mol. The summed E-state index contributed by atoms with van der Waals surface area (Å²) in [4.78, 5) is 25.2. The molecule has 0 bridgehead atoms. The van der Waals surface area contributed by atoms with Gasteiger partial charge in [-0.15, -0.1) is 0 Å². The van der Waals surface area contributed by atoms with E-state index in [1.807, 2.05) is 0 Å². The number of ether oxygens (including phenoxy) is 3. The summed E-state index contributed by atoms with van der Waals surface area (Å²) in [5.41, 5.74) is 0.374. The fraction of sp³-hybridized carbons (Fsp3) is 0.231. The molecule has 0 unspecified atom stereocenters. The zero-order valence-corrected chi connectivity index (χ0v) is 11.9. The Bertz CT molecular complexity index is 680. The highest BCUT2D eigenvalue weighted by Crippen LogP contribution is 2.18. The first kappa shape index (κ1) is 15.3. The number of nitro groups is 1. The van der Waals surface area contributed by atoms with Gasteiger partial charge in [0.1, 0.15) is 17.7 Å². The van der Waals surface area contributed by atoms with Crippen molar-refractivity contribution < 1.29 is 23.9 Å². The number of aromatic nitrogens is 2. The summed E-state index contributed by atoms with van der Waals surface area (Å²) in [5, 5.41) is 10.6. The van der Waals surface area contributed by atoms with E-state index in [1.54, 1.807) is 24.3 Å². The first-order valence-corrected chi connectivity index (χ1v) is 6.15. The van der Waals surface area contributed by atoms with Crippen LogP contribution in [-0.4, -0.2) is 27.7 Å². The molecule has 0 saturated carbocycles. The summed E-state index contributed by atoms with van der Waals surface area (Å²) in [6.45, 7) is -0.188. The Kier molecular flexibility index (Phi) is 4.57. The lowest BCUT2D eigenvalue weighted by Crippen LogP contribution is -2.12. The second-order valence-electron chi connectivity index (χ2n) is 4.18. The van der Waals surface area contributed by atoms with E-state index in [2.05, 4.69) is 4.98 Å². The van der Waals surface area contributed by atoms with E-state index in [0.29, 0.717) is 17.2 Å². The molecule has 0 aliphatic rings. The van der Waals surface area contributed by atoms with Gasteiger partial charge in [-0.2, -0.15) is 0 Å². The summed E-state index contributed by atoms with van der Waals surface area (Å²) in [7, 11) is 2.98. The fourth-order valence-corrected chi connectivity index (χ4v) is 1.64. The van der Waals surface area contributed by atoms with Gasteiger partial charge in [0.15, 0.2) is 12.3 Å². The maximum absolute atomic E-state index is 11.6. The van der Waals surface area contributed by atoms with Gasteiger partial charge in [-0.3, -0.25) is 0 Å². The predicted octanol–water partition coefficient (Wildman–Crippen LogP) is 2.05. The second-order valence-corrected chi connectivity index (χ2v) is 4.18. The first-order chi connectivity index (χ1) is 10.5. The lowest BCUT2D eigenvalue weighted by Gasteiger charge is -2.06. The molecule has 0 N–H and O–H groups in total. The van der Waals surface area contributed by atoms with E-state index < -0.39 is 11.1 Å². The standard InChI is InChI=1S/C13H13N3O6/c1-15-9(7-14-12(15)16(18)19)8-21-13(17)22-11-5-3-10(20-2)4-6-11/h3-7H,8H2,1-2H3. The molecule has 1 aromatic carbocycles. The highest BCUT2D eigenvalue weighted by Gasteiger charge is 2.18. The minimum atomic E-state index is -0.922. The average Bonchev–Trinajstić information content (AvgIpc) is 2.87. The number of rotatable bonds is 5. The van der Waals surface area contributed by atoms with Gasteiger partial charge in [-0.25, -0.2) is 9.36 Å². The lowest BCUT2D eigenvalue weighted by atomic mass is 10.3. The number of hydrogen-bond donors (Lipinski definition) is 0. The minimum absolute atomic E-state index is 0.188. The molecule has 2 rings (SSSR count). The smallest absolute Gasteiger partial charge is 0.497 e. The topological polar surface area (TPSA) is 106 Å². The Hall–Kier alpha value is -3.10. The Morgan fingerprint density at radius 1 is 1.32 bits per heavy atom. The van der Waals surface area contributed by atoms with E-state index in [9.17, 15) is 14.9 Å². The predicted molar refractivity (Wildman–Crippen MR) is 73.7 cm³/mol. The molecule has 0 aliphatic carbocycles. The Labute approximate surface area is 125 Å². The van der Waals surface area contributed by atoms with Crippen LogP contribution in [-0.2, 0) is 18.4 Å². The van der Waals surface area contributed by atoms with Crippen LogP contribution in [0, 0.1) is 10.1 Å². The number of carbonyl (C=O) groups excluding carboxylic acids is 1. The van der Waals surface area contributed by atoms with Gasteiger partial charge in [0, 0.05) is 0 Å². The van der Waals surface area contributed by atoms with Crippen LogP contribution in [0.4, 0.5) is 10.7 Å². The number of methoxy groups -OCH3 is 1. The largest absolute Gasteiger partial charge is 0.514 e. The van der Waals surface area contributed by atoms with Crippen molar-refractivity contribution in [1.29, 1.82) is 0 Å². The van der Waals surface area contributed by atoms with Gasteiger partial charge >= 0.3 is 12.1 Å². The molecular formula is C13H13N3O6. The normalized spacial score (nSPS) is 10.1. The van der Waals surface area contributed by atoms with Gasteiger partial charge in [0.2, 0.25) is 0 Å². The van der Waals surface area contributed by atoms with Crippen LogP contribution >= 0.6 is 0 Å². The van der Waals surface area contributed by atoms with Crippen LogP contribution in [0.15, 0.2) is 30.5 Å². The van der Waals surface area contributed by atoms with Crippen molar-refractivity contribution in [2.75, 3.05) is 7.11 Å². The SMILES string of the molecule is COc1ccc(OC(=O)OCc2cnc([N+](=O)[O-])n2C)cc1. The van der Waals surface area contributed by atoms with Crippen molar-refractivity contribution >= 4 is 12.1 Å². The van der Waals surface area contributed by atoms with Crippen LogP contribution in [0.2, 0.25) is 0 Å². The molecule has 22 heavy (non-hydrogen) atoms. The van der Waals surface area contributed by atoms with Crippen molar-refractivity contribution in [2.24, 2.45) is 7.05 Å². The molecule has 0 spiro atoms. The molecule has 1 heterocycles. The van der Waals surface area contributed by atoms with Crippen molar-refractivity contribution in [2.45, 2.75) is 6.61 Å². The molecule has 0 fully saturated rings. The summed E-state index contributed by atoms with van der Waals surface area (Å²) in [5.74, 6) is 0.590. The van der Waals surface area contributed by atoms with Crippen LogP contribution in [0.25, 0.3) is 0 Å². The number of nitrogens with zero attached hydrogens (tertiary/aromatic N) is 3. The summed E-state index contributed by atoms with van der Waals surface area (Å²) in [6, 6.07) is 6.37. The van der Waals surface area contributed by atoms with Gasteiger partial charge in [-0.05, 0) is 29.2 Å². The molecule has 9 heteroatoms. The van der Waals surface area contributed by atoms with E-state index in [4.69, 9.17) is 14.2 Å². The van der Waals surface area contributed by atoms with E-state index >= 15 is 0 Å². The third kappa shape index (κ3) is 3.51. The quantitative estimate of drug-likeness (QED) is 0.360. The maximum Gasteiger partial charge on any atom is 0.514 e. The first-order valence-electron chi connectivity index (χ1n) is 6.15. The van der Waals surface area contributed by atoms with Gasteiger partial charge < -0.3 is 24.3 Å². The van der Waals surface area contributed by atoms with Crippen LogP contribution in [0.1, 0.15) is 5.69 Å². The Morgan fingerprint density at radius 2 is 1.95 bits per heavy atom. The average molecular weight is 307 g/mol. The van der Waals surface area contributed by atoms with Crippen LogP contribution < -0.4 is 9.47 Å². The van der Waals surface area contributed by atoms with Gasteiger partial charge in [-0.1, -0.05) is 4.98 Å². The van der Waals surface area contributed by atoms with Crippen molar-refractivity contribution in [3.05, 3.63) is 46.3 Å². The molecule has 0 saturated heterocycles. The van der Waals surface area contributed by atoms with Crippen LogP contribution in [0.3, 0.4) is 0 Å². The number of imidazole rings is 1. The van der Waals surface area contributed by atoms with Crippen molar-refractivity contribution in [3.63, 3.8) is 0 Å². The molecule has 0 aliphatic heterocycles. The molecule has 1 aromatic heterocycles. The minimum Gasteiger partial charge on any atom is -0.497 e. The highest BCUT2D eigenvalue weighted by molar-refractivity contribution is 5.63. The monoisotopic (exact) mass is 307 g/mol. The van der Waals surface area contributed by atoms with Gasteiger partial charge in [0.25, 0.3) is 0 Å². The third-order valence-corrected chi connectivity index (χ3v) is 2.82. The zero-order valence-electron chi connectivity index (χ0n) is 11.9. The molecule has 116 valence electrons. The van der Waals surface area contributed by atoms with E-state index in [-0.39, 0.29) is 12.6 Å². The molecule has 0 atom stereocenters. The highest BCUT2D eigenvalue weighted by atomic mass is 16.7. The Balaban J connectivity index is 1.91. The summed E-state index contributed by atoms with van der Waals surface area (Å²) >= 11 is 0. The third-order valence-electron chi connectivity index (χ3n) is 2.82. The Morgan fingerprint density at radius 3 is 2.50 bits per heavy atom. The summed E-state index contributed by atoms with van der Waals surface area (Å²) < 4.78 is 16.0. The molecule has 2 aromatic rings. The molecule has 0 radical (unpaired) electrons. The maximum atomic E-state index is 11.6. The van der Waals surface area contributed by atoms with Gasteiger partial charge in [0.05, 0.1) is 14.2 Å². The molecule has 9 nitrogen and oxygen atoms in total. The van der Waals surface area contributed by atoms with Crippen molar-refractivity contribution in [3.8, 4) is 11.5 Å². The van der Waals surface area contributed by atoms with Crippen LogP contribution in [0.5, 0.6) is 11.5 Å². The zero-order chi connectivity index (χ0) is 16.1. The summed E-state index contributed by atoms with van der Waals surface area (Å²) in [6.07, 6.45) is 0.340. The lowest BCUT2D eigenvalue weighted by molar-refractivity contribution is -0.396. The fourth-order valence-electron chi connectivity index (χ4n) is 1.64. The number of benzene rings is 1. The second kappa shape index (κ2) is 6.57. The van der Waals surface area contributed by atoms with E-state index in [0.717, 1.165) is 0 Å². The number of carbonyl (C=O) groups is 1. The van der Waals surface area contributed by atoms with E-state index in [1.165, 1.54) is 24.9 Å². The van der Waals surface area contributed by atoms with Crippen molar-refractivity contribution in [1.82, 2.24) is 9.55 Å². The number of hydrogen-bond acceptors (Lipinski definition) is 7. The molecule has 0 amide bonds.